The van der Waals surface area contributed by atoms with Crippen molar-refractivity contribution in [3.05, 3.63) is 0 Å². The molecule has 0 bridgehead atoms. The lowest BCUT2D eigenvalue weighted by atomic mass is 10.1. The van der Waals surface area contributed by atoms with Gasteiger partial charge in [-0.3, -0.25) is 4.79 Å². The third kappa shape index (κ3) is 4.66. The van der Waals surface area contributed by atoms with Gasteiger partial charge in [0.1, 0.15) is 0 Å². The van der Waals surface area contributed by atoms with E-state index in [9.17, 15) is 4.79 Å². The van der Waals surface area contributed by atoms with Crippen LogP contribution < -0.4 is 11.1 Å². The number of nitrogens with two attached hydrogens (primary N) is 1. The van der Waals surface area contributed by atoms with Crippen LogP contribution in [0.2, 0.25) is 0 Å². The Morgan fingerprint density at radius 2 is 1.65 bits per heavy atom. The van der Waals surface area contributed by atoms with E-state index in [4.69, 9.17) is 5.73 Å². The van der Waals surface area contributed by atoms with Crippen molar-refractivity contribution in [3.8, 4) is 0 Å². The highest BCUT2D eigenvalue weighted by Gasteiger charge is 2.41. The van der Waals surface area contributed by atoms with Crippen LogP contribution in [0, 0.1) is 11.8 Å². The molecule has 17 heavy (non-hydrogen) atoms. The van der Waals surface area contributed by atoms with E-state index in [0.717, 1.165) is 37.6 Å². The van der Waals surface area contributed by atoms with Gasteiger partial charge >= 0.3 is 0 Å². The third-order valence-corrected chi connectivity index (χ3v) is 3.95. The summed E-state index contributed by atoms with van der Waals surface area (Å²) >= 11 is 0. The lowest BCUT2D eigenvalue weighted by Crippen LogP contribution is -2.37. The molecule has 0 atom stereocenters. The average Bonchev–Trinajstić information content (AvgIpc) is 3.18. The molecule has 1 amide bonds. The van der Waals surface area contributed by atoms with Gasteiger partial charge in [0.15, 0.2) is 0 Å². The average molecular weight is 238 g/mol. The summed E-state index contributed by atoms with van der Waals surface area (Å²) in [5.74, 6) is 1.90. The van der Waals surface area contributed by atoms with Gasteiger partial charge in [-0.2, -0.15) is 0 Å². The molecule has 98 valence electrons. The predicted molar refractivity (Wildman–Crippen MR) is 69.5 cm³/mol. The van der Waals surface area contributed by atoms with E-state index in [1.54, 1.807) is 0 Å². The second-order valence-electron chi connectivity index (χ2n) is 5.72. The van der Waals surface area contributed by atoms with Gasteiger partial charge in [-0.25, -0.2) is 0 Å². The van der Waals surface area contributed by atoms with E-state index < -0.39 is 0 Å². The molecule has 2 rings (SSSR count). The molecule has 2 fully saturated rings. The van der Waals surface area contributed by atoms with Crippen LogP contribution in [-0.4, -0.2) is 18.5 Å². The molecule has 2 aliphatic rings. The van der Waals surface area contributed by atoms with Gasteiger partial charge in [0.25, 0.3) is 0 Å². The van der Waals surface area contributed by atoms with Crippen LogP contribution in [-0.2, 0) is 4.79 Å². The number of unbranched alkanes of at least 4 members (excludes halogenated alkanes) is 3. The van der Waals surface area contributed by atoms with Crippen molar-refractivity contribution in [1.29, 1.82) is 0 Å². The number of carbonyl (C=O) groups excluding carboxylic acids is 1. The van der Waals surface area contributed by atoms with Gasteiger partial charge < -0.3 is 11.1 Å². The van der Waals surface area contributed by atoms with Gasteiger partial charge in [0, 0.05) is 12.5 Å². The summed E-state index contributed by atoms with van der Waals surface area (Å²) in [5, 5.41) is 3.27. The maximum Gasteiger partial charge on any atom is 0.220 e. The fourth-order valence-electron chi connectivity index (χ4n) is 2.57. The minimum absolute atomic E-state index is 0.279. The molecule has 0 unspecified atom stereocenters. The summed E-state index contributed by atoms with van der Waals surface area (Å²) in [6.07, 6.45) is 10.5. The van der Waals surface area contributed by atoms with Crippen LogP contribution in [0.5, 0.6) is 0 Å². The largest absolute Gasteiger partial charge is 0.353 e. The van der Waals surface area contributed by atoms with E-state index >= 15 is 0 Å². The molecule has 3 nitrogen and oxygen atoms in total. The highest BCUT2D eigenvalue weighted by Crippen LogP contribution is 2.44. The Labute approximate surface area is 105 Å². The maximum atomic E-state index is 11.8. The molecule has 0 heterocycles. The lowest BCUT2D eigenvalue weighted by molar-refractivity contribution is -0.122. The van der Waals surface area contributed by atoms with Crippen molar-refractivity contribution in [3.63, 3.8) is 0 Å². The fraction of sp³-hybridized carbons (Fsp3) is 0.929. The first kappa shape index (κ1) is 12.9. The number of carbonyl (C=O) groups is 1. The normalized spacial score (nSPS) is 19.6. The Bertz CT molecular complexity index is 235. The molecule has 3 N–H and O–H groups in total. The molecule has 0 radical (unpaired) electrons. The summed E-state index contributed by atoms with van der Waals surface area (Å²) < 4.78 is 0. The van der Waals surface area contributed by atoms with Crippen molar-refractivity contribution in [2.45, 2.75) is 63.8 Å². The number of hydrogen-bond acceptors (Lipinski definition) is 2. The molecule has 0 aliphatic heterocycles. The predicted octanol–water partition coefficient (Wildman–Crippen LogP) is 2.20. The Kier molecular flexibility index (Phi) is 4.84. The van der Waals surface area contributed by atoms with Crippen LogP contribution in [0.3, 0.4) is 0 Å². The number of amides is 1. The van der Waals surface area contributed by atoms with E-state index in [1.165, 1.54) is 32.1 Å². The van der Waals surface area contributed by atoms with Crippen molar-refractivity contribution in [2.75, 3.05) is 6.54 Å². The zero-order valence-electron chi connectivity index (χ0n) is 10.8. The Hall–Kier alpha value is -0.570. The first-order valence-electron chi connectivity index (χ1n) is 7.30. The maximum absolute atomic E-state index is 11.8. The van der Waals surface area contributed by atoms with Gasteiger partial charge in [0.2, 0.25) is 5.91 Å². The van der Waals surface area contributed by atoms with Crippen LogP contribution in [0.25, 0.3) is 0 Å². The minimum Gasteiger partial charge on any atom is -0.353 e. The summed E-state index contributed by atoms with van der Waals surface area (Å²) in [6, 6.07) is 0.520. The molecular weight excluding hydrogens is 212 g/mol. The van der Waals surface area contributed by atoms with Crippen LogP contribution in [0.4, 0.5) is 0 Å². The monoisotopic (exact) mass is 238 g/mol. The van der Waals surface area contributed by atoms with Crippen LogP contribution in [0.1, 0.15) is 57.8 Å². The minimum atomic E-state index is 0.279. The molecule has 3 heteroatoms. The van der Waals surface area contributed by atoms with E-state index in [0.29, 0.717) is 12.5 Å². The van der Waals surface area contributed by atoms with Crippen molar-refractivity contribution < 1.29 is 4.79 Å². The highest BCUT2D eigenvalue weighted by atomic mass is 16.1. The first-order valence-corrected chi connectivity index (χ1v) is 7.30. The Morgan fingerprint density at radius 3 is 2.18 bits per heavy atom. The molecule has 2 saturated carbocycles. The quantitative estimate of drug-likeness (QED) is 0.605. The molecule has 2 aliphatic carbocycles. The SMILES string of the molecule is NCCCCCCC(=O)NC(C1CC1)C1CC1. The molecular formula is C14H26N2O. The second-order valence-corrected chi connectivity index (χ2v) is 5.72. The summed E-state index contributed by atoms with van der Waals surface area (Å²) in [5.41, 5.74) is 5.44. The van der Waals surface area contributed by atoms with Crippen LogP contribution in [0.15, 0.2) is 0 Å². The third-order valence-electron chi connectivity index (χ3n) is 3.95. The Balaban J connectivity index is 1.56. The topological polar surface area (TPSA) is 55.1 Å². The molecule has 0 spiro atoms. The molecule has 0 aromatic carbocycles. The van der Waals surface area contributed by atoms with E-state index in [1.807, 2.05) is 0 Å². The van der Waals surface area contributed by atoms with Crippen molar-refractivity contribution in [1.82, 2.24) is 5.32 Å². The zero-order valence-corrected chi connectivity index (χ0v) is 10.8. The molecule has 0 saturated heterocycles. The lowest BCUT2D eigenvalue weighted by Gasteiger charge is -2.17. The first-order chi connectivity index (χ1) is 8.31. The summed E-state index contributed by atoms with van der Waals surface area (Å²) in [6.45, 7) is 0.775. The number of nitrogens with one attached hydrogen (secondary N) is 1. The second kappa shape index (κ2) is 6.39. The smallest absolute Gasteiger partial charge is 0.220 e. The molecule has 0 aromatic heterocycles. The fourth-order valence-corrected chi connectivity index (χ4v) is 2.57. The summed E-state index contributed by atoms with van der Waals surface area (Å²) in [4.78, 5) is 11.8. The van der Waals surface area contributed by atoms with Gasteiger partial charge in [-0.15, -0.1) is 0 Å². The van der Waals surface area contributed by atoms with Crippen LogP contribution >= 0.6 is 0 Å². The highest BCUT2D eigenvalue weighted by molar-refractivity contribution is 5.76. The Morgan fingerprint density at radius 1 is 1.06 bits per heavy atom. The zero-order chi connectivity index (χ0) is 12.1. The molecule has 0 aromatic rings. The van der Waals surface area contributed by atoms with E-state index in [2.05, 4.69) is 5.32 Å². The van der Waals surface area contributed by atoms with Crippen molar-refractivity contribution >= 4 is 5.91 Å². The van der Waals surface area contributed by atoms with Crippen molar-refractivity contribution in [2.24, 2.45) is 17.6 Å². The van der Waals surface area contributed by atoms with Gasteiger partial charge in [0.05, 0.1) is 0 Å². The van der Waals surface area contributed by atoms with Gasteiger partial charge in [-0.1, -0.05) is 12.8 Å². The number of hydrogen-bond donors (Lipinski definition) is 2. The standard InChI is InChI=1S/C14H26N2O/c15-10-4-2-1-3-5-13(17)16-14(11-6-7-11)12-8-9-12/h11-12,14H,1-10,15H2,(H,16,17). The van der Waals surface area contributed by atoms with Gasteiger partial charge in [-0.05, 0) is 56.9 Å². The van der Waals surface area contributed by atoms with E-state index in [-0.39, 0.29) is 5.91 Å². The number of rotatable bonds is 9. The summed E-state index contributed by atoms with van der Waals surface area (Å²) in [7, 11) is 0.